The van der Waals surface area contributed by atoms with E-state index in [4.69, 9.17) is 16.6 Å². The van der Waals surface area contributed by atoms with Gasteiger partial charge in [-0.25, -0.2) is 0 Å². The summed E-state index contributed by atoms with van der Waals surface area (Å²) in [4.78, 5) is 9.54. The second-order valence-electron chi connectivity index (χ2n) is 5.90. The molecule has 1 aliphatic rings. The largest absolute Gasteiger partial charge is 0.367 e. The first-order chi connectivity index (χ1) is 11.3. The molecular formula is C18H19ClN4. The maximum atomic E-state index is 6.22. The molecule has 4 nitrogen and oxygen atoms in total. The van der Waals surface area contributed by atoms with E-state index in [0.717, 1.165) is 54.3 Å². The molecule has 0 atom stereocenters. The van der Waals surface area contributed by atoms with Crippen LogP contribution in [0.25, 0.3) is 16.6 Å². The Morgan fingerprint density at radius 2 is 1.96 bits per heavy atom. The predicted octanol–water partition coefficient (Wildman–Crippen LogP) is 3.45. The van der Waals surface area contributed by atoms with Crippen LogP contribution in [0.1, 0.15) is 0 Å². The van der Waals surface area contributed by atoms with Gasteiger partial charge in [-0.1, -0.05) is 23.7 Å². The fraction of sp³-hybridized carbons (Fsp3) is 0.278. The maximum absolute atomic E-state index is 6.22. The molecule has 5 heteroatoms. The van der Waals surface area contributed by atoms with Crippen LogP contribution in [0, 0.1) is 0 Å². The van der Waals surface area contributed by atoms with Crippen LogP contribution >= 0.6 is 11.6 Å². The van der Waals surface area contributed by atoms with Crippen LogP contribution in [0.3, 0.4) is 0 Å². The summed E-state index contributed by atoms with van der Waals surface area (Å²) in [5, 5.41) is 0.739. The highest BCUT2D eigenvalue weighted by Crippen LogP contribution is 2.29. The Morgan fingerprint density at radius 1 is 1.13 bits per heavy atom. The first-order valence-corrected chi connectivity index (χ1v) is 8.28. The molecule has 3 aromatic rings. The summed E-state index contributed by atoms with van der Waals surface area (Å²) < 4.78 is 2.11. The van der Waals surface area contributed by atoms with Gasteiger partial charge in [0.25, 0.3) is 0 Å². The summed E-state index contributed by atoms with van der Waals surface area (Å²) >= 11 is 6.22. The fourth-order valence-corrected chi connectivity index (χ4v) is 3.53. The standard InChI is InChI=1S/C18H19ClN4/c1-2-7-21-9-11-22(12-10-21)15-4-3-5-16-18(15)20-13-17-14(19)6-8-23(16)17/h2-6,8,13H,1,7,9-12H2. The van der Waals surface area contributed by atoms with Crippen LogP contribution in [0.15, 0.2) is 49.3 Å². The third-order valence-electron chi connectivity index (χ3n) is 4.54. The van der Waals surface area contributed by atoms with Crippen LogP contribution in [-0.2, 0) is 0 Å². The zero-order valence-corrected chi connectivity index (χ0v) is 13.7. The number of hydrogen-bond acceptors (Lipinski definition) is 3. The minimum absolute atomic E-state index is 0.739. The van der Waals surface area contributed by atoms with Crippen molar-refractivity contribution >= 4 is 33.8 Å². The van der Waals surface area contributed by atoms with Crippen molar-refractivity contribution in [1.29, 1.82) is 0 Å². The highest BCUT2D eigenvalue weighted by Gasteiger charge is 2.19. The van der Waals surface area contributed by atoms with Gasteiger partial charge < -0.3 is 9.30 Å². The van der Waals surface area contributed by atoms with Crippen molar-refractivity contribution in [3.05, 3.63) is 54.3 Å². The minimum atomic E-state index is 0.739. The normalized spacial score (nSPS) is 16.3. The van der Waals surface area contributed by atoms with Gasteiger partial charge in [-0.15, -0.1) is 6.58 Å². The molecule has 1 aromatic carbocycles. The number of nitrogens with zero attached hydrogens (tertiary/aromatic N) is 4. The third kappa shape index (κ3) is 2.48. The van der Waals surface area contributed by atoms with Crippen LogP contribution < -0.4 is 4.90 Å². The Morgan fingerprint density at radius 3 is 2.74 bits per heavy atom. The first kappa shape index (κ1) is 14.5. The molecule has 2 aromatic heterocycles. The summed E-state index contributed by atoms with van der Waals surface area (Å²) in [6.45, 7) is 8.92. The summed E-state index contributed by atoms with van der Waals surface area (Å²) in [5.74, 6) is 0. The average molecular weight is 327 g/mol. The molecule has 0 radical (unpaired) electrons. The Kier molecular flexibility index (Phi) is 3.71. The van der Waals surface area contributed by atoms with Crippen molar-refractivity contribution in [2.24, 2.45) is 0 Å². The van der Waals surface area contributed by atoms with Crippen LogP contribution in [0.5, 0.6) is 0 Å². The van der Waals surface area contributed by atoms with E-state index in [-0.39, 0.29) is 0 Å². The average Bonchev–Trinajstić information content (AvgIpc) is 2.97. The molecule has 0 bridgehead atoms. The van der Waals surface area contributed by atoms with Gasteiger partial charge in [0.1, 0.15) is 5.52 Å². The van der Waals surface area contributed by atoms with Gasteiger partial charge in [0.2, 0.25) is 0 Å². The summed E-state index contributed by atoms with van der Waals surface area (Å²) in [6.07, 6.45) is 5.84. The van der Waals surface area contributed by atoms with E-state index in [1.807, 2.05) is 24.5 Å². The topological polar surface area (TPSA) is 23.8 Å². The van der Waals surface area contributed by atoms with E-state index in [9.17, 15) is 0 Å². The maximum Gasteiger partial charge on any atom is 0.110 e. The fourth-order valence-electron chi connectivity index (χ4n) is 3.34. The van der Waals surface area contributed by atoms with Crippen LogP contribution in [-0.4, -0.2) is 47.0 Å². The van der Waals surface area contributed by atoms with Gasteiger partial charge in [0.05, 0.1) is 27.9 Å². The van der Waals surface area contributed by atoms with Crippen molar-refractivity contribution < 1.29 is 0 Å². The Labute approximate surface area is 140 Å². The van der Waals surface area contributed by atoms with Gasteiger partial charge in [-0.05, 0) is 18.2 Å². The van der Waals surface area contributed by atoms with Crippen molar-refractivity contribution in [2.45, 2.75) is 0 Å². The van der Waals surface area contributed by atoms with E-state index < -0.39 is 0 Å². The molecule has 3 heterocycles. The molecule has 0 aliphatic carbocycles. The lowest BCUT2D eigenvalue weighted by Crippen LogP contribution is -2.46. The molecule has 1 fully saturated rings. The minimum Gasteiger partial charge on any atom is -0.367 e. The molecular weight excluding hydrogens is 308 g/mol. The zero-order chi connectivity index (χ0) is 15.8. The first-order valence-electron chi connectivity index (χ1n) is 7.90. The van der Waals surface area contributed by atoms with E-state index in [0.29, 0.717) is 0 Å². The Hall–Kier alpha value is -2.04. The lowest BCUT2D eigenvalue weighted by molar-refractivity contribution is 0.284. The molecule has 0 unspecified atom stereocenters. The van der Waals surface area contributed by atoms with Crippen molar-refractivity contribution in [3.63, 3.8) is 0 Å². The van der Waals surface area contributed by atoms with Gasteiger partial charge >= 0.3 is 0 Å². The highest BCUT2D eigenvalue weighted by molar-refractivity contribution is 6.34. The second-order valence-corrected chi connectivity index (χ2v) is 6.31. The SMILES string of the molecule is C=CCN1CCN(c2cccc3c2ncc2c(Cl)ccn23)CC1. The third-order valence-corrected chi connectivity index (χ3v) is 4.86. The summed E-state index contributed by atoms with van der Waals surface area (Å²) in [7, 11) is 0. The van der Waals surface area contributed by atoms with Gasteiger partial charge in [-0.3, -0.25) is 9.88 Å². The molecule has 0 spiro atoms. The number of para-hydroxylation sites is 1. The monoisotopic (exact) mass is 326 g/mol. The highest BCUT2D eigenvalue weighted by atomic mass is 35.5. The molecule has 23 heavy (non-hydrogen) atoms. The van der Waals surface area contributed by atoms with Crippen molar-refractivity contribution in [2.75, 3.05) is 37.6 Å². The van der Waals surface area contributed by atoms with Crippen molar-refractivity contribution in [3.8, 4) is 0 Å². The molecule has 1 saturated heterocycles. The van der Waals surface area contributed by atoms with E-state index in [1.165, 1.54) is 5.69 Å². The number of halogens is 1. The molecule has 0 saturated carbocycles. The predicted molar refractivity (Wildman–Crippen MR) is 96.6 cm³/mol. The number of hydrogen-bond donors (Lipinski definition) is 0. The smallest absolute Gasteiger partial charge is 0.110 e. The Bertz CT molecular complexity index is 862. The quantitative estimate of drug-likeness (QED) is 0.689. The number of benzene rings is 1. The lowest BCUT2D eigenvalue weighted by Gasteiger charge is -2.35. The number of piperazine rings is 1. The number of fused-ring (bicyclic) bond motifs is 3. The molecule has 118 valence electrons. The molecule has 1 aliphatic heterocycles. The van der Waals surface area contributed by atoms with Crippen molar-refractivity contribution in [1.82, 2.24) is 14.3 Å². The van der Waals surface area contributed by atoms with Gasteiger partial charge in [-0.2, -0.15) is 0 Å². The summed E-state index contributed by atoms with van der Waals surface area (Å²) in [5.41, 5.74) is 4.28. The van der Waals surface area contributed by atoms with Gasteiger partial charge in [0.15, 0.2) is 0 Å². The van der Waals surface area contributed by atoms with Crippen LogP contribution in [0.2, 0.25) is 5.02 Å². The van der Waals surface area contributed by atoms with E-state index in [2.05, 4.69) is 39.0 Å². The van der Waals surface area contributed by atoms with Crippen LogP contribution in [0.4, 0.5) is 5.69 Å². The Balaban J connectivity index is 1.73. The second kappa shape index (κ2) is 5.87. The number of anilines is 1. The number of aromatic nitrogens is 2. The molecule has 4 rings (SSSR count). The van der Waals surface area contributed by atoms with E-state index >= 15 is 0 Å². The molecule has 0 amide bonds. The summed E-state index contributed by atoms with van der Waals surface area (Å²) in [6, 6.07) is 8.28. The number of rotatable bonds is 3. The van der Waals surface area contributed by atoms with E-state index in [1.54, 1.807) is 0 Å². The lowest BCUT2D eigenvalue weighted by atomic mass is 10.2. The van der Waals surface area contributed by atoms with Gasteiger partial charge in [0, 0.05) is 38.9 Å². The zero-order valence-electron chi connectivity index (χ0n) is 13.0. The molecule has 0 N–H and O–H groups in total.